The van der Waals surface area contributed by atoms with Crippen LogP contribution in [-0.4, -0.2) is 93.4 Å². The molecular weight excluding hydrogens is 434 g/mol. The van der Waals surface area contributed by atoms with Crippen molar-refractivity contribution in [3.8, 4) is 0 Å². The van der Waals surface area contributed by atoms with Gasteiger partial charge in [0.2, 0.25) is 17.7 Å². The molecule has 15 nitrogen and oxygen atoms in total. The van der Waals surface area contributed by atoms with Crippen molar-refractivity contribution in [1.29, 1.82) is 0 Å². The Morgan fingerprint density at radius 1 is 0.719 bits per heavy atom. The second-order valence-electron chi connectivity index (χ2n) is 6.79. The molecule has 0 rings (SSSR count). The van der Waals surface area contributed by atoms with E-state index in [-0.39, 0.29) is 6.42 Å². The monoisotopic (exact) mass is 463 g/mol. The fourth-order valence-electron chi connectivity index (χ4n) is 2.43. The summed E-state index contributed by atoms with van der Waals surface area (Å²) in [5.41, 5.74) is 10.8. The summed E-state index contributed by atoms with van der Waals surface area (Å²) in [6.45, 7) is -0.407. The molecule has 4 atom stereocenters. The standard InChI is InChI=1S/C17H29N5O10/c18-4-2-1-3-9(20-14(28)8(19)7-23)15(29)21-10(5-12(24)25)16(30)22-11(17(31)32)6-13(26)27/h8-11,23H,1-7,18-19H2,(H,20,28)(H,21,29)(H,22,30)(H,24,25)(H,26,27)(H,31,32). The zero-order valence-corrected chi connectivity index (χ0v) is 17.2. The molecule has 0 fully saturated rings. The molecule has 0 aromatic heterocycles. The minimum Gasteiger partial charge on any atom is -0.481 e. The summed E-state index contributed by atoms with van der Waals surface area (Å²) in [4.78, 5) is 70.0. The molecule has 0 spiro atoms. The summed E-state index contributed by atoms with van der Waals surface area (Å²) in [7, 11) is 0. The van der Waals surface area contributed by atoms with E-state index in [9.17, 15) is 28.8 Å². The third kappa shape index (κ3) is 11.2. The Balaban J connectivity index is 5.49. The number of aliphatic carboxylic acids is 3. The summed E-state index contributed by atoms with van der Waals surface area (Å²) < 4.78 is 0. The van der Waals surface area contributed by atoms with Crippen molar-refractivity contribution < 1.29 is 49.2 Å². The number of hydrogen-bond acceptors (Lipinski definition) is 9. The van der Waals surface area contributed by atoms with Crippen molar-refractivity contribution in [2.75, 3.05) is 13.2 Å². The van der Waals surface area contributed by atoms with E-state index in [1.165, 1.54) is 0 Å². The van der Waals surface area contributed by atoms with Gasteiger partial charge in [0.25, 0.3) is 0 Å². The summed E-state index contributed by atoms with van der Waals surface area (Å²) in [6.07, 6.45) is -1.02. The number of rotatable bonds is 16. The Labute approximate surface area is 182 Å². The van der Waals surface area contributed by atoms with Gasteiger partial charge in [-0.25, -0.2) is 4.79 Å². The molecule has 182 valence electrons. The topological polar surface area (TPSA) is 271 Å². The summed E-state index contributed by atoms with van der Waals surface area (Å²) in [6, 6.07) is -6.22. The normalized spacial score (nSPS) is 14.3. The Kier molecular flexibility index (Phi) is 13.1. The first kappa shape index (κ1) is 28.7. The maximum atomic E-state index is 12.6. The van der Waals surface area contributed by atoms with Crippen LogP contribution in [0.25, 0.3) is 0 Å². The Morgan fingerprint density at radius 2 is 1.19 bits per heavy atom. The van der Waals surface area contributed by atoms with Crippen molar-refractivity contribution >= 4 is 35.6 Å². The number of aliphatic hydroxyl groups excluding tert-OH is 1. The number of carboxylic acid groups (broad SMARTS) is 3. The molecule has 0 radical (unpaired) electrons. The molecule has 32 heavy (non-hydrogen) atoms. The van der Waals surface area contributed by atoms with E-state index in [0.717, 1.165) is 0 Å². The first-order valence-electron chi connectivity index (χ1n) is 9.56. The van der Waals surface area contributed by atoms with E-state index in [4.69, 9.17) is 31.9 Å². The fourth-order valence-corrected chi connectivity index (χ4v) is 2.43. The SMILES string of the molecule is NCCCCC(NC(=O)C(N)CO)C(=O)NC(CC(=O)O)C(=O)NC(CC(=O)O)C(=O)O. The van der Waals surface area contributed by atoms with Crippen LogP contribution in [0.15, 0.2) is 0 Å². The second-order valence-corrected chi connectivity index (χ2v) is 6.79. The van der Waals surface area contributed by atoms with Gasteiger partial charge in [-0.2, -0.15) is 0 Å². The summed E-state index contributed by atoms with van der Waals surface area (Å²) >= 11 is 0. The van der Waals surface area contributed by atoms with Gasteiger partial charge in [-0.05, 0) is 25.8 Å². The number of carboxylic acids is 3. The molecule has 3 amide bonds. The van der Waals surface area contributed by atoms with Crippen molar-refractivity contribution in [2.24, 2.45) is 11.5 Å². The minimum atomic E-state index is -1.86. The number of carbonyl (C=O) groups excluding carboxylic acids is 3. The average Bonchev–Trinajstić information content (AvgIpc) is 2.70. The Bertz CT molecular complexity index is 701. The molecule has 0 aliphatic rings. The zero-order chi connectivity index (χ0) is 24.8. The van der Waals surface area contributed by atoms with Gasteiger partial charge >= 0.3 is 17.9 Å². The third-order valence-electron chi connectivity index (χ3n) is 4.12. The number of amides is 3. The van der Waals surface area contributed by atoms with Gasteiger partial charge in [0.05, 0.1) is 19.4 Å². The highest BCUT2D eigenvalue weighted by molar-refractivity contribution is 5.96. The molecule has 0 saturated carbocycles. The molecule has 0 aliphatic carbocycles. The smallest absolute Gasteiger partial charge is 0.326 e. The maximum absolute atomic E-state index is 12.6. The molecule has 15 heteroatoms. The van der Waals surface area contributed by atoms with E-state index in [2.05, 4.69) is 10.6 Å². The first-order chi connectivity index (χ1) is 14.9. The fraction of sp³-hybridized carbons (Fsp3) is 0.647. The van der Waals surface area contributed by atoms with Crippen molar-refractivity contribution in [3.63, 3.8) is 0 Å². The van der Waals surface area contributed by atoms with Crippen molar-refractivity contribution in [1.82, 2.24) is 16.0 Å². The predicted octanol–water partition coefficient (Wildman–Crippen LogP) is -4.08. The molecular formula is C17H29N5O10. The van der Waals surface area contributed by atoms with Gasteiger partial charge in [0, 0.05) is 0 Å². The number of nitrogens with two attached hydrogens (primary N) is 2. The maximum Gasteiger partial charge on any atom is 0.326 e. The van der Waals surface area contributed by atoms with Crippen LogP contribution in [0.5, 0.6) is 0 Å². The van der Waals surface area contributed by atoms with Crippen molar-refractivity contribution in [2.45, 2.75) is 56.3 Å². The quantitative estimate of drug-likeness (QED) is 0.0988. The highest BCUT2D eigenvalue weighted by atomic mass is 16.4. The number of aliphatic hydroxyl groups is 1. The summed E-state index contributed by atoms with van der Waals surface area (Å²) in [5.74, 6) is -7.79. The zero-order valence-electron chi connectivity index (χ0n) is 17.2. The van der Waals surface area contributed by atoms with E-state index in [1.54, 1.807) is 0 Å². The lowest BCUT2D eigenvalue weighted by Gasteiger charge is -2.24. The number of hydrogen-bond donors (Lipinski definition) is 9. The number of nitrogens with one attached hydrogen (secondary N) is 3. The third-order valence-corrected chi connectivity index (χ3v) is 4.12. The van der Waals surface area contributed by atoms with E-state index < -0.39 is 79.2 Å². The molecule has 0 aliphatic heterocycles. The lowest BCUT2D eigenvalue weighted by molar-refractivity contribution is -0.148. The summed E-state index contributed by atoms with van der Waals surface area (Å²) in [5, 5.41) is 42.0. The van der Waals surface area contributed by atoms with Crippen LogP contribution >= 0.6 is 0 Å². The van der Waals surface area contributed by atoms with E-state index >= 15 is 0 Å². The van der Waals surface area contributed by atoms with Gasteiger partial charge in [-0.1, -0.05) is 0 Å². The average molecular weight is 463 g/mol. The van der Waals surface area contributed by atoms with Crippen LogP contribution < -0.4 is 27.4 Å². The Hall–Kier alpha value is -3.30. The van der Waals surface area contributed by atoms with Gasteiger partial charge in [-0.15, -0.1) is 0 Å². The number of unbranched alkanes of at least 4 members (excludes halogenated alkanes) is 1. The van der Waals surface area contributed by atoms with Crippen LogP contribution in [0.2, 0.25) is 0 Å². The molecule has 11 N–H and O–H groups in total. The highest BCUT2D eigenvalue weighted by Crippen LogP contribution is 2.04. The van der Waals surface area contributed by atoms with Gasteiger partial charge < -0.3 is 47.8 Å². The van der Waals surface area contributed by atoms with Crippen LogP contribution in [0, 0.1) is 0 Å². The van der Waals surface area contributed by atoms with Gasteiger partial charge in [-0.3, -0.25) is 24.0 Å². The van der Waals surface area contributed by atoms with Crippen LogP contribution in [-0.2, 0) is 28.8 Å². The molecule has 4 unspecified atom stereocenters. The largest absolute Gasteiger partial charge is 0.481 e. The molecule has 0 heterocycles. The first-order valence-corrected chi connectivity index (χ1v) is 9.56. The molecule has 0 aromatic carbocycles. The van der Waals surface area contributed by atoms with E-state index in [1.807, 2.05) is 5.32 Å². The second kappa shape index (κ2) is 14.7. The van der Waals surface area contributed by atoms with Crippen molar-refractivity contribution in [3.05, 3.63) is 0 Å². The lowest BCUT2D eigenvalue weighted by atomic mass is 10.1. The molecule has 0 aromatic rings. The van der Waals surface area contributed by atoms with Gasteiger partial charge in [0.15, 0.2) is 0 Å². The van der Waals surface area contributed by atoms with Crippen LogP contribution in [0.3, 0.4) is 0 Å². The van der Waals surface area contributed by atoms with Crippen LogP contribution in [0.4, 0.5) is 0 Å². The van der Waals surface area contributed by atoms with Crippen LogP contribution in [0.1, 0.15) is 32.1 Å². The Morgan fingerprint density at radius 3 is 1.66 bits per heavy atom. The molecule has 0 saturated heterocycles. The number of carbonyl (C=O) groups is 6. The molecule has 0 bridgehead atoms. The minimum absolute atomic E-state index is 0.0467. The predicted molar refractivity (Wildman–Crippen MR) is 106 cm³/mol. The van der Waals surface area contributed by atoms with Gasteiger partial charge in [0.1, 0.15) is 24.2 Å². The lowest BCUT2D eigenvalue weighted by Crippen LogP contribution is -2.57. The van der Waals surface area contributed by atoms with E-state index in [0.29, 0.717) is 19.4 Å². The highest BCUT2D eigenvalue weighted by Gasteiger charge is 2.32.